The van der Waals surface area contributed by atoms with Gasteiger partial charge in [0.2, 0.25) is 0 Å². The van der Waals surface area contributed by atoms with Crippen molar-refractivity contribution in [3.63, 3.8) is 0 Å². The van der Waals surface area contributed by atoms with Gasteiger partial charge in [-0.05, 0) is 0 Å². The van der Waals surface area contributed by atoms with Crippen molar-refractivity contribution in [2.24, 2.45) is 0 Å². The molecule has 0 aliphatic carbocycles. The minimum absolute atomic E-state index is 1.29. The summed E-state index contributed by atoms with van der Waals surface area (Å²) in [4.78, 5) is 0. The molecule has 0 fully saturated rings. The van der Waals surface area contributed by atoms with Crippen LogP contribution in [0.1, 0.15) is 0 Å². The zero-order valence-electron chi connectivity index (χ0n) is 1.88. The molecule has 0 radical (unpaired) electrons. The van der Waals surface area contributed by atoms with Crippen molar-refractivity contribution in [3.8, 4) is 0 Å². The molecule has 0 saturated heterocycles. The van der Waals surface area contributed by atoms with Gasteiger partial charge in [0, 0.05) is 0 Å². The van der Waals surface area contributed by atoms with Gasteiger partial charge in [-0.1, -0.05) is 0 Å². The maximum absolute atomic E-state index is 7.56. The fraction of sp³-hybridized carbons (Fsp3) is 0. The summed E-state index contributed by atoms with van der Waals surface area (Å²) in [7, 11) is 0. The molecule has 4 heteroatoms. The number of hydrogen-bond acceptors (Lipinski definition) is 2. The van der Waals surface area contributed by atoms with Gasteiger partial charge < -0.3 is 0 Å². The molecule has 0 heterocycles. The second kappa shape index (κ2) is 1.79. The van der Waals surface area contributed by atoms with Crippen molar-refractivity contribution in [2.75, 3.05) is 0 Å². The summed E-state index contributed by atoms with van der Waals surface area (Å²) in [6.45, 7) is 0. The van der Waals surface area contributed by atoms with E-state index < -0.39 is 5.93 Å². The Labute approximate surface area is 32.6 Å². The topological polar surface area (TPSA) is 40.5 Å². The Morgan fingerprint density at radius 2 is 1.50 bits per heavy atom. The van der Waals surface area contributed by atoms with Gasteiger partial charge in [0.15, 0.2) is 0 Å². The van der Waals surface area contributed by atoms with E-state index in [0.29, 0.717) is 0 Å². The van der Waals surface area contributed by atoms with Crippen molar-refractivity contribution in [2.45, 2.75) is 0 Å². The quantitative estimate of drug-likeness (QED) is 0.371. The predicted octanol–water partition coefficient (Wildman–Crippen LogP) is -1.88. The van der Waals surface area contributed by atoms with Gasteiger partial charge >= 0.3 is 31.8 Å². The molecule has 0 aliphatic rings. The summed E-state index contributed by atoms with van der Waals surface area (Å²) >= 11 is 2.01. The summed E-state index contributed by atoms with van der Waals surface area (Å²) in [5, 5.41) is 15.1. The molecular weight excluding hydrogens is 122 g/mol. The van der Waals surface area contributed by atoms with Gasteiger partial charge in [0.1, 0.15) is 0 Å². The predicted molar refractivity (Wildman–Crippen MR) is 15.9 cm³/mol. The molecule has 0 amide bonds. The molecule has 0 aromatic rings. The van der Waals surface area contributed by atoms with E-state index in [9.17, 15) is 0 Å². The van der Waals surface area contributed by atoms with E-state index >= 15 is 0 Å². The van der Waals surface area contributed by atoms with Crippen LogP contribution in [-0.4, -0.2) is 31.8 Å². The molecule has 0 unspecified atom stereocenters. The molecule has 0 rings (SSSR count). The molecule has 0 spiro atoms. The molecule has 4 heavy (non-hydrogen) atoms. The summed E-state index contributed by atoms with van der Waals surface area (Å²) in [5.41, 5.74) is 0. The van der Waals surface area contributed by atoms with E-state index in [0.717, 1.165) is 0 Å². The molecule has 0 aromatic heterocycles. The van der Waals surface area contributed by atoms with E-state index in [4.69, 9.17) is 10.0 Å². The van der Waals surface area contributed by atoms with Crippen LogP contribution >= 0.6 is 0 Å². The van der Waals surface area contributed by atoms with Crippen LogP contribution in [0, 0.1) is 0 Å². The van der Waals surface area contributed by atoms with Gasteiger partial charge in [-0.3, -0.25) is 0 Å². The molecule has 0 aliphatic heterocycles. The molecule has 0 aromatic carbocycles. The molecular formula is H2BO2Se-. The van der Waals surface area contributed by atoms with E-state index in [1.165, 1.54) is 0 Å². The van der Waals surface area contributed by atoms with Crippen LogP contribution in [0.25, 0.3) is 0 Å². The molecule has 0 bridgehead atoms. The minimum atomic E-state index is -1.29. The Kier molecular flexibility index (Phi) is 2.02. The standard InChI is InChI=1S/BH2O2Se/c2-1(3)4/h2-3H/q-1. The van der Waals surface area contributed by atoms with Crippen LogP contribution in [0.3, 0.4) is 0 Å². The summed E-state index contributed by atoms with van der Waals surface area (Å²) in [5.74, 6) is -1.29. The van der Waals surface area contributed by atoms with Gasteiger partial charge in [0.05, 0.1) is 0 Å². The second-order valence-electron chi connectivity index (χ2n) is 0.326. The van der Waals surface area contributed by atoms with E-state index in [2.05, 4.69) is 0 Å². The monoisotopic (exact) mass is 125 g/mol. The summed E-state index contributed by atoms with van der Waals surface area (Å²) in [6, 6.07) is 0. The van der Waals surface area contributed by atoms with Crippen LogP contribution in [-0.2, 0) is 0 Å². The zero-order chi connectivity index (χ0) is 3.58. The van der Waals surface area contributed by atoms with Crippen LogP contribution in [0.4, 0.5) is 0 Å². The molecule has 24 valence electrons. The van der Waals surface area contributed by atoms with Gasteiger partial charge in [-0.2, -0.15) is 0 Å². The number of hydrogen-bond donors (Lipinski definition) is 2. The Balaban J connectivity index is 2.32. The van der Waals surface area contributed by atoms with Crippen molar-refractivity contribution in [1.29, 1.82) is 0 Å². The van der Waals surface area contributed by atoms with Gasteiger partial charge in [0.25, 0.3) is 0 Å². The first-order valence-corrected chi connectivity index (χ1v) is 1.74. The fourth-order valence-electron chi connectivity index (χ4n) is 0. The molecule has 2 nitrogen and oxygen atoms in total. The first kappa shape index (κ1) is 4.50. The maximum atomic E-state index is 7.56. The van der Waals surface area contributed by atoms with Crippen molar-refractivity contribution < 1.29 is 10.0 Å². The van der Waals surface area contributed by atoms with Crippen LogP contribution in [0.5, 0.6) is 0 Å². The average Bonchev–Trinajstić information content (AvgIpc) is 0.811. The van der Waals surface area contributed by atoms with Gasteiger partial charge in [-0.15, -0.1) is 0 Å². The SMILES string of the molecule is OB(O)[Se-]. The van der Waals surface area contributed by atoms with Crippen LogP contribution < -0.4 is 0 Å². The average molecular weight is 124 g/mol. The Hall–Kier alpha value is 0.504. The first-order valence-electron chi connectivity index (χ1n) is 0.752. The summed E-state index contributed by atoms with van der Waals surface area (Å²) < 4.78 is 0. The summed E-state index contributed by atoms with van der Waals surface area (Å²) in [6.07, 6.45) is 0. The Morgan fingerprint density at radius 3 is 1.50 bits per heavy atom. The van der Waals surface area contributed by atoms with Crippen molar-refractivity contribution in [3.05, 3.63) is 0 Å². The normalized spacial score (nSPS) is 6.75. The Morgan fingerprint density at radius 1 is 1.50 bits per heavy atom. The van der Waals surface area contributed by atoms with Crippen LogP contribution in [0.15, 0.2) is 0 Å². The Bertz CT molecular complexity index is 10.8. The fourth-order valence-corrected chi connectivity index (χ4v) is 0. The van der Waals surface area contributed by atoms with E-state index in [-0.39, 0.29) is 0 Å². The van der Waals surface area contributed by atoms with Gasteiger partial charge in [-0.25, -0.2) is 0 Å². The second-order valence-corrected chi connectivity index (χ2v) is 1.21. The third-order valence-electron chi connectivity index (χ3n) is 0. The third-order valence-corrected chi connectivity index (χ3v) is 0. The molecule has 0 atom stereocenters. The first-order chi connectivity index (χ1) is 1.73. The number of rotatable bonds is 0. The van der Waals surface area contributed by atoms with Crippen molar-refractivity contribution >= 4 is 21.8 Å². The zero-order valence-corrected chi connectivity index (χ0v) is 3.59. The van der Waals surface area contributed by atoms with Crippen molar-refractivity contribution in [1.82, 2.24) is 0 Å². The molecule has 0 saturated carbocycles. The molecule has 2 N–H and O–H groups in total. The van der Waals surface area contributed by atoms with E-state index in [1.807, 2.05) is 15.8 Å². The third kappa shape index (κ3) is 22.3. The van der Waals surface area contributed by atoms with E-state index in [1.54, 1.807) is 0 Å². The van der Waals surface area contributed by atoms with Crippen LogP contribution in [0.2, 0.25) is 0 Å².